The highest BCUT2D eigenvalue weighted by atomic mass is 35.5. The van der Waals surface area contributed by atoms with Crippen LogP contribution in [0.4, 0.5) is 34.1 Å². The average Bonchev–Trinajstić information content (AvgIpc) is 3.45. The summed E-state index contributed by atoms with van der Waals surface area (Å²) in [7, 11) is 0. The molecule has 0 saturated heterocycles. The number of nitrogens with zero attached hydrogens (tertiary/aromatic N) is 2. The zero-order chi connectivity index (χ0) is 35.5. The Morgan fingerprint density at radius 1 is 0.404 bits per heavy atom. The van der Waals surface area contributed by atoms with Crippen LogP contribution in [0.25, 0.3) is 22.3 Å². The largest absolute Gasteiger partial charge is 0.310 e. The van der Waals surface area contributed by atoms with Gasteiger partial charge in [0.05, 0.1) is 0 Å². The zero-order valence-corrected chi connectivity index (χ0v) is 30.6. The van der Waals surface area contributed by atoms with Crippen molar-refractivity contribution in [3.8, 4) is 22.3 Å². The first kappa shape index (κ1) is 33.6. The number of halogens is 1. The molecule has 0 aliphatic heterocycles. The summed E-state index contributed by atoms with van der Waals surface area (Å²) < 4.78 is 0. The minimum atomic E-state index is 0.0414. The Labute approximate surface area is 313 Å². The Bertz CT molecular complexity index is 2270. The van der Waals surface area contributed by atoms with Crippen LogP contribution in [-0.4, -0.2) is 0 Å². The molecule has 0 heterocycles. The van der Waals surface area contributed by atoms with E-state index in [0.29, 0.717) is 5.02 Å². The summed E-state index contributed by atoms with van der Waals surface area (Å²) in [6.45, 7) is 4.65. The number of fused-ring (bicyclic) bond motifs is 3. The van der Waals surface area contributed by atoms with E-state index < -0.39 is 0 Å². The maximum Gasteiger partial charge on any atom is 0.0482 e. The molecule has 0 radical (unpaired) electrons. The zero-order valence-electron chi connectivity index (χ0n) is 29.8. The highest BCUT2D eigenvalue weighted by molar-refractivity contribution is 6.30. The number of rotatable bonds is 11. The molecule has 52 heavy (non-hydrogen) atoms. The van der Waals surface area contributed by atoms with Crippen LogP contribution in [0.3, 0.4) is 0 Å². The Morgan fingerprint density at radius 2 is 0.885 bits per heavy atom. The summed E-state index contributed by atoms with van der Waals surface area (Å²) in [6.07, 6.45) is 4.59. The quantitative estimate of drug-likeness (QED) is 0.133. The summed E-state index contributed by atoms with van der Waals surface area (Å²) in [5.74, 6) is 0. The van der Waals surface area contributed by atoms with Crippen molar-refractivity contribution in [2.24, 2.45) is 0 Å². The predicted molar refractivity (Wildman–Crippen MR) is 222 cm³/mol. The number of anilines is 6. The summed E-state index contributed by atoms with van der Waals surface area (Å²) in [5.41, 5.74) is 14.6. The van der Waals surface area contributed by atoms with E-state index in [1.165, 1.54) is 33.4 Å². The maximum absolute atomic E-state index is 6.67. The molecule has 0 atom stereocenters. The molecule has 0 fully saturated rings. The first-order valence-corrected chi connectivity index (χ1v) is 18.9. The molecule has 3 heteroatoms. The van der Waals surface area contributed by atoms with Crippen LogP contribution >= 0.6 is 11.6 Å². The van der Waals surface area contributed by atoms with Crippen molar-refractivity contribution in [2.75, 3.05) is 9.80 Å². The maximum atomic E-state index is 6.67. The molecule has 0 aromatic heterocycles. The summed E-state index contributed by atoms with van der Waals surface area (Å²) in [4.78, 5) is 4.62. The van der Waals surface area contributed by atoms with E-state index in [0.717, 1.165) is 59.8 Å². The summed E-state index contributed by atoms with van der Waals surface area (Å²) >= 11 is 6.67. The van der Waals surface area contributed by atoms with Crippen molar-refractivity contribution in [3.05, 3.63) is 192 Å². The third kappa shape index (κ3) is 6.18. The van der Waals surface area contributed by atoms with E-state index >= 15 is 0 Å². The monoisotopic (exact) mass is 694 g/mol. The fourth-order valence-corrected chi connectivity index (χ4v) is 8.60. The van der Waals surface area contributed by atoms with Crippen molar-refractivity contribution < 1.29 is 0 Å². The number of para-hydroxylation sites is 2. The molecule has 7 aromatic carbocycles. The van der Waals surface area contributed by atoms with E-state index in [2.05, 4.69) is 181 Å². The molecule has 0 saturated carbocycles. The van der Waals surface area contributed by atoms with Gasteiger partial charge in [-0.1, -0.05) is 135 Å². The molecule has 1 aliphatic carbocycles. The lowest BCUT2D eigenvalue weighted by Crippen LogP contribution is -2.25. The van der Waals surface area contributed by atoms with Gasteiger partial charge in [-0.25, -0.2) is 0 Å². The molecular formula is C49H43ClN2. The Kier molecular flexibility index (Phi) is 9.41. The molecule has 7 aromatic rings. The molecular weight excluding hydrogens is 652 g/mol. The SMILES string of the molecule is CCCC1(CCC)c2ccccc2-c2ccc(-c3cccc(N(c4cccc(Cl)c4)c4cccc(N(c5ccccc5)c5ccccc5)c4)c3)cc21. The van der Waals surface area contributed by atoms with E-state index in [9.17, 15) is 0 Å². The second-order valence-corrected chi connectivity index (χ2v) is 14.2. The first-order chi connectivity index (χ1) is 25.6. The lowest BCUT2D eigenvalue weighted by Gasteiger charge is -2.32. The highest BCUT2D eigenvalue weighted by Gasteiger charge is 2.41. The second kappa shape index (κ2) is 14.6. The van der Waals surface area contributed by atoms with E-state index in [1.54, 1.807) is 0 Å². The third-order valence-corrected chi connectivity index (χ3v) is 10.7. The summed E-state index contributed by atoms with van der Waals surface area (Å²) in [6, 6.07) is 63.2. The topological polar surface area (TPSA) is 6.48 Å². The predicted octanol–water partition coefficient (Wildman–Crippen LogP) is 14.8. The minimum absolute atomic E-state index is 0.0414. The van der Waals surface area contributed by atoms with Gasteiger partial charge in [-0.2, -0.15) is 0 Å². The van der Waals surface area contributed by atoms with Crippen molar-refractivity contribution in [2.45, 2.75) is 44.9 Å². The Morgan fingerprint density at radius 3 is 1.52 bits per heavy atom. The fourth-order valence-electron chi connectivity index (χ4n) is 8.41. The fraction of sp³-hybridized carbons (Fsp3) is 0.143. The minimum Gasteiger partial charge on any atom is -0.310 e. The van der Waals surface area contributed by atoms with Gasteiger partial charge in [0.2, 0.25) is 0 Å². The smallest absolute Gasteiger partial charge is 0.0482 e. The molecule has 8 rings (SSSR count). The standard InChI is InChI=1S/C49H43ClN2/c1-3-30-49(31-4-2)47-27-12-11-26-45(47)46-29-28-37(33-48(46)49)36-16-13-22-41(32-36)52(42-23-14-17-38(50)34-42)44-25-15-24-43(35-44)51(39-18-7-5-8-19-39)40-20-9-6-10-21-40/h5-29,32-35H,3-4,30-31H2,1-2H3. The molecule has 1 aliphatic rings. The van der Waals surface area contributed by atoms with Gasteiger partial charge in [0.15, 0.2) is 0 Å². The van der Waals surface area contributed by atoms with E-state index in [4.69, 9.17) is 11.6 Å². The molecule has 0 bridgehead atoms. The van der Waals surface area contributed by atoms with Crippen molar-refractivity contribution in [1.82, 2.24) is 0 Å². The average molecular weight is 695 g/mol. The molecule has 2 nitrogen and oxygen atoms in total. The Balaban J connectivity index is 1.25. The molecule has 0 N–H and O–H groups in total. The molecule has 0 unspecified atom stereocenters. The van der Waals surface area contributed by atoms with Crippen molar-refractivity contribution >= 4 is 45.7 Å². The van der Waals surface area contributed by atoms with E-state index in [1.807, 2.05) is 18.2 Å². The third-order valence-electron chi connectivity index (χ3n) is 10.5. The second-order valence-electron chi connectivity index (χ2n) is 13.8. The molecule has 0 spiro atoms. The van der Waals surface area contributed by atoms with Gasteiger partial charge >= 0.3 is 0 Å². The normalized spacial score (nSPS) is 12.6. The lowest BCUT2D eigenvalue weighted by atomic mass is 9.71. The van der Waals surface area contributed by atoms with Gasteiger partial charge in [-0.05, 0) is 125 Å². The van der Waals surface area contributed by atoms with Crippen LogP contribution in [0, 0.1) is 0 Å². The van der Waals surface area contributed by atoms with Crippen LogP contribution in [0.5, 0.6) is 0 Å². The van der Waals surface area contributed by atoms with Gasteiger partial charge in [-0.3, -0.25) is 0 Å². The Hall–Kier alpha value is -5.57. The number of benzene rings is 7. The van der Waals surface area contributed by atoms with Crippen LogP contribution < -0.4 is 9.80 Å². The van der Waals surface area contributed by atoms with Crippen molar-refractivity contribution in [3.63, 3.8) is 0 Å². The molecule has 0 amide bonds. The van der Waals surface area contributed by atoms with Gasteiger partial charge < -0.3 is 9.80 Å². The van der Waals surface area contributed by atoms with Crippen molar-refractivity contribution in [1.29, 1.82) is 0 Å². The first-order valence-electron chi connectivity index (χ1n) is 18.5. The van der Waals surface area contributed by atoms with Crippen LogP contribution in [0.2, 0.25) is 5.02 Å². The highest BCUT2D eigenvalue weighted by Crippen LogP contribution is 2.54. The van der Waals surface area contributed by atoms with Crippen LogP contribution in [0.15, 0.2) is 176 Å². The van der Waals surface area contributed by atoms with Crippen LogP contribution in [-0.2, 0) is 5.41 Å². The molecule has 256 valence electrons. The van der Waals surface area contributed by atoms with Gasteiger partial charge in [0, 0.05) is 44.6 Å². The van der Waals surface area contributed by atoms with Gasteiger partial charge in [0.25, 0.3) is 0 Å². The van der Waals surface area contributed by atoms with E-state index in [-0.39, 0.29) is 5.41 Å². The van der Waals surface area contributed by atoms with Crippen LogP contribution in [0.1, 0.15) is 50.7 Å². The number of hydrogen-bond donors (Lipinski definition) is 0. The van der Waals surface area contributed by atoms with Gasteiger partial charge in [0.1, 0.15) is 0 Å². The lowest BCUT2D eigenvalue weighted by molar-refractivity contribution is 0.436. The number of hydrogen-bond acceptors (Lipinski definition) is 2. The summed E-state index contributed by atoms with van der Waals surface area (Å²) in [5, 5.41) is 0.700. The van der Waals surface area contributed by atoms with Gasteiger partial charge in [-0.15, -0.1) is 0 Å².